The van der Waals surface area contributed by atoms with Gasteiger partial charge in [-0.3, -0.25) is 0 Å². The number of aromatic carboxylic acids is 1. The molecular weight excluding hydrogens is 172 g/mol. The Morgan fingerprint density at radius 1 is 1.54 bits per heavy atom. The standard InChI is InChI=1S/C9H9O4/c1-13-9(12)7-4-2-3-6(5-7)8(10)11/h2-5,9H,1H3,(H,10,11). The molecule has 0 aliphatic heterocycles. The van der Waals surface area contributed by atoms with E-state index in [1.54, 1.807) is 0 Å². The first-order chi connectivity index (χ1) is 6.15. The number of ether oxygens (including phenoxy) is 1. The molecule has 69 valence electrons. The monoisotopic (exact) mass is 181 g/mol. The van der Waals surface area contributed by atoms with Crippen LogP contribution in [0.1, 0.15) is 22.2 Å². The van der Waals surface area contributed by atoms with Gasteiger partial charge < -0.3 is 9.84 Å². The van der Waals surface area contributed by atoms with Crippen molar-refractivity contribution in [1.29, 1.82) is 0 Å². The van der Waals surface area contributed by atoms with E-state index >= 15 is 0 Å². The molecule has 1 aromatic carbocycles. The van der Waals surface area contributed by atoms with Gasteiger partial charge in [0.05, 0.1) is 5.56 Å². The van der Waals surface area contributed by atoms with Crippen LogP contribution in [0.3, 0.4) is 0 Å². The van der Waals surface area contributed by atoms with Gasteiger partial charge in [-0.25, -0.2) is 4.79 Å². The van der Waals surface area contributed by atoms with Crippen molar-refractivity contribution >= 4 is 5.97 Å². The second kappa shape index (κ2) is 4.02. The van der Waals surface area contributed by atoms with Gasteiger partial charge in [0.1, 0.15) is 0 Å². The minimum absolute atomic E-state index is 0.0930. The molecule has 0 bridgehead atoms. The molecule has 13 heavy (non-hydrogen) atoms. The molecule has 0 aromatic heterocycles. The van der Waals surface area contributed by atoms with E-state index in [-0.39, 0.29) is 5.56 Å². The molecule has 0 spiro atoms. The highest BCUT2D eigenvalue weighted by molar-refractivity contribution is 5.87. The minimum Gasteiger partial charge on any atom is -0.478 e. The topological polar surface area (TPSA) is 66.4 Å². The molecule has 1 rings (SSSR count). The molecule has 0 heterocycles. The number of rotatable bonds is 3. The van der Waals surface area contributed by atoms with E-state index in [0.717, 1.165) is 0 Å². The molecule has 0 aliphatic rings. The Morgan fingerprint density at radius 3 is 2.77 bits per heavy atom. The largest absolute Gasteiger partial charge is 0.478 e. The Morgan fingerprint density at radius 2 is 2.23 bits per heavy atom. The van der Waals surface area contributed by atoms with Crippen molar-refractivity contribution < 1.29 is 19.7 Å². The van der Waals surface area contributed by atoms with Crippen LogP contribution in [0.2, 0.25) is 0 Å². The zero-order chi connectivity index (χ0) is 9.84. The average molecular weight is 181 g/mol. The third-order valence-corrected chi connectivity index (χ3v) is 1.62. The second-order valence-corrected chi connectivity index (χ2v) is 2.50. The van der Waals surface area contributed by atoms with Gasteiger partial charge in [0.2, 0.25) is 6.29 Å². The van der Waals surface area contributed by atoms with Gasteiger partial charge in [-0.05, 0) is 12.1 Å². The zero-order valence-corrected chi connectivity index (χ0v) is 7.06. The Labute approximate surface area is 75.4 Å². The van der Waals surface area contributed by atoms with Gasteiger partial charge in [-0.2, -0.15) is 5.11 Å². The zero-order valence-electron chi connectivity index (χ0n) is 7.06. The van der Waals surface area contributed by atoms with Crippen molar-refractivity contribution in [2.24, 2.45) is 0 Å². The number of hydrogen-bond acceptors (Lipinski definition) is 2. The third-order valence-electron chi connectivity index (χ3n) is 1.62. The summed E-state index contributed by atoms with van der Waals surface area (Å²) in [5.74, 6) is -1.05. The molecular formula is C9H9O4. The summed E-state index contributed by atoms with van der Waals surface area (Å²) in [5, 5.41) is 19.7. The number of benzene rings is 1. The normalized spacial score (nSPS) is 12.5. The number of carboxylic acid groups (broad SMARTS) is 1. The third kappa shape index (κ3) is 2.27. The smallest absolute Gasteiger partial charge is 0.335 e. The fourth-order valence-electron chi connectivity index (χ4n) is 0.954. The van der Waals surface area contributed by atoms with Gasteiger partial charge in [0.15, 0.2) is 0 Å². The maximum absolute atomic E-state index is 11.1. The molecule has 1 N–H and O–H groups in total. The molecule has 4 heteroatoms. The summed E-state index contributed by atoms with van der Waals surface area (Å²) < 4.78 is 4.52. The maximum atomic E-state index is 11.1. The molecule has 0 saturated carbocycles. The molecule has 4 nitrogen and oxygen atoms in total. The Hall–Kier alpha value is -1.39. The first kappa shape index (κ1) is 9.70. The van der Waals surface area contributed by atoms with Crippen LogP contribution in [0.15, 0.2) is 24.3 Å². The van der Waals surface area contributed by atoms with Crippen LogP contribution < -0.4 is 0 Å². The van der Waals surface area contributed by atoms with Crippen LogP contribution >= 0.6 is 0 Å². The molecule has 1 atom stereocenters. The lowest BCUT2D eigenvalue weighted by Gasteiger charge is -2.06. The van der Waals surface area contributed by atoms with Gasteiger partial charge in [-0.15, -0.1) is 0 Å². The van der Waals surface area contributed by atoms with E-state index in [1.165, 1.54) is 31.4 Å². The highest BCUT2D eigenvalue weighted by Crippen LogP contribution is 2.15. The van der Waals surface area contributed by atoms with Gasteiger partial charge >= 0.3 is 5.97 Å². The second-order valence-electron chi connectivity index (χ2n) is 2.50. The summed E-state index contributed by atoms with van der Waals surface area (Å²) in [7, 11) is 1.28. The van der Waals surface area contributed by atoms with Gasteiger partial charge in [0.25, 0.3) is 0 Å². The highest BCUT2D eigenvalue weighted by atomic mass is 16.6. The minimum atomic E-state index is -1.32. The highest BCUT2D eigenvalue weighted by Gasteiger charge is 2.10. The van der Waals surface area contributed by atoms with E-state index < -0.39 is 12.3 Å². The van der Waals surface area contributed by atoms with Crippen LogP contribution in [0.5, 0.6) is 0 Å². The quantitative estimate of drug-likeness (QED) is 0.718. The van der Waals surface area contributed by atoms with Crippen molar-refractivity contribution in [2.75, 3.05) is 7.11 Å². The predicted octanol–water partition coefficient (Wildman–Crippen LogP) is 1.46. The van der Waals surface area contributed by atoms with Crippen LogP contribution in [-0.4, -0.2) is 18.2 Å². The van der Waals surface area contributed by atoms with Crippen molar-refractivity contribution in [3.8, 4) is 0 Å². The van der Waals surface area contributed by atoms with Crippen molar-refractivity contribution in [1.82, 2.24) is 0 Å². The number of carbonyl (C=O) groups is 1. The SMILES string of the molecule is COC([O])c1cccc(C(=O)O)c1. The van der Waals surface area contributed by atoms with Crippen molar-refractivity contribution in [3.63, 3.8) is 0 Å². The van der Waals surface area contributed by atoms with Gasteiger partial charge in [-0.1, -0.05) is 12.1 Å². The Kier molecular flexibility index (Phi) is 3.00. The number of methoxy groups -OCH3 is 1. The molecule has 0 amide bonds. The molecule has 1 aromatic rings. The molecule has 1 unspecified atom stereocenters. The van der Waals surface area contributed by atoms with Crippen LogP contribution in [0.4, 0.5) is 0 Å². The summed E-state index contributed by atoms with van der Waals surface area (Å²) in [4.78, 5) is 10.5. The maximum Gasteiger partial charge on any atom is 0.335 e. The summed E-state index contributed by atoms with van der Waals surface area (Å²) >= 11 is 0. The molecule has 0 aliphatic carbocycles. The lowest BCUT2D eigenvalue weighted by atomic mass is 10.1. The Bertz CT molecular complexity index is 308. The number of carboxylic acids is 1. The molecule has 0 fully saturated rings. The average Bonchev–Trinajstić information content (AvgIpc) is 2.17. The van der Waals surface area contributed by atoms with E-state index in [1.807, 2.05) is 0 Å². The number of hydrogen-bond donors (Lipinski definition) is 1. The summed E-state index contributed by atoms with van der Waals surface area (Å²) in [5.41, 5.74) is 0.415. The molecule has 1 radical (unpaired) electrons. The van der Waals surface area contributed by atoms with E-state index in [9.17, 15) is 9.90 Å². The fraction of sp³-hybridized carbons (Fsp3) is 0.222. The predicted molar refractivity (Wildman–Crippen MR) is 43.8 cm³/mol. The van der Waals surface area contributed by atoms with E-state index in [0.29, 0.717) is 5.56 Å². The summed E-state index contributed by atoms with van der Waals surface area (Å²) in [6, 6.07) is 5.79. The van der Waals surface area contributed by atoms with Crippen LogP contribution in [0, 0.1) is 0 Å². The first-order valence-corrected chi connectivity index (χ1v) is 3.67. The lowest BCUT2D eigenvalue weighted by Crippen LogP contribution is -2.01. The van der Waals surface area contributed by atoms with Crippen LogP contribution in [-0.2, 0) is 9.84 Å². The van der Waals surface area contributed by atoms with Gasteiger partial charge in [0, 0.05) is 12.7 Å². The fourth-order valence-corrected chi connectivity index (χ4v) is 0.954. The van der Waals surface area contributed by atoms with Crippen LogP contribution in [0.25, 0.3) is 0 Å². The Balaban J connectivity index is 2.98. The van der Waals surface area contributed by atoms with Crippen molar-refractivity contribution in [3.05, 3.63) is 35.4 Å². The first-order valence-electron chi connectivity index (χ1n) is 3.67. The van der Waals surface area contributed by atoms with E-state index in [4.69, 9.17) is 5.11 Å². The summed E-state index contributed by atoms with van der Waals surface area (Å²) in [6.07, 6.45) is -1.32. The molecule has 0 saturated heterocycles. The lowest BCUT2D eigenvalue weighted by molar-refractivity contribution is -0.123. The summed E-state index contributed by atoms with van der Waals surface area (Å²) in [6.45, 7) is 0. The van der Waals surface area contributed by atoms with Crippen molar-refractivity contribution in [2.45, 2.75) is 6.29 Å². The van der Waals surface area contributed by atoms with E-state index in [2.05, 4.69) is 4.74 Å².